The Labute approximate surface area is 193 Å². The molecular formula is C25H30N4O2S. The van der Waals surface area contributed by atoms with E-state index in [9.17, 15) is 4.79 Å². The fraction of sp³-hybridized carbons (Fsp3) is 0.360. The van der Waals surface area contributed by atoms with E-state index in [1.165, 1.54) is 5.56 Å². The first-order valence-electron chi connectivity index (χ1n) is 11.0. The molecule has 7 heteroatoms. The molecule has 0 saturated carbocycles. The van der Waals surface area contributed by atoms with Crippen LogP contribution in [0.25, 0.3) is 0 Å². The maximum absolute atomic E-state index is 12.7. The Morgan fingerprint density at radius 2 is 1.88 bits per heavy atom. The van der Waals surface area contributed by atoms with E-state index in [0.29, 0.717) is 24.5 Å². The van der Waals surface area contributed by atoms with Gasteiger partial charge in [0.2, 0.25) is 0 Å². The average Bonchev–Trinajstić information content (AvgIpc) is 3.23. The molecule has 3 aromatic rings. The highest BCUT2D eigenvalue weighted by Gasteiger charge is 2.14. The van der Waals surface area contributed by atoms with E-state index in [-0.39, 0.29) is 5.91 Å². The third-order valence-electron chi connectivity index (χ3n) is 5.60. The van der Waals surface area contributed by atoms with Crippen LogP contribution < -0.4 is 10.1 Å². The minimum atomic E-state index is -0.107. The van der Waals surface area contributed by atoms with Crippen molar-refractivity contribution in [2.24, 2.45) is 0 Å². The van der Waals surface area contributed by atoms with Crippen LogP contribution in [0.5, 0.6) is 5.75 Å². The largest absolute Gasteiger partial charge is 0.487 e. The van der Waals surface area contributed by atoms with Crippen LogP contribution >= 0.6 is 11.3 Å². The highest BCUT2D eigenvalue weighted by atomic mass is 32.1. The summed E-state index contributed by atoms with van der Waals surface area (Å²) in [5.41, 5.74) is 3.88. The first-order chi connectivity index (χ1) is 15.5. The van der Waals surface area contributed by atoms with Crippen molar-refractivity contribution >= 4 is 17.2 Å². The topological polar surface area (TPSA) is 57.7 Å². The van der Waals surface area contributed by atoms with Crippen molar-refractivity contribution in [3.05, 3.63) is 81.3 Å². The lowest BCUT2D eigenvalue weighted by Crippen LogP contribution is -2.43. The Morgan fingerprint density at radius 3 is 2.66 bits per heavy atom. The van der Waals surface area contributed by atoms with Gasteiger partial charge in [0, 0.05) is 50.2 Å². The smallest absolute Gasteiger partial charge is 0.251 e. The van der Waals surface area contributed by atoms with Crippen LogP contribution in [0.4, 0.5) is 0 Å². The standard InChI is InChI=1S/C25H30N4O2S/c1-19-27-23(18-32-19)17-31-24-8-4-7-22(14-24)25(30)26-15-20-5-3-6-21(13-20)16-29-11-9-28(2)10-12-29/h3-8,13-14,18H,9-12,15-17H2,1-2H3,(H,26,30). The fourth-order valence-corrected chi connectivity index (χ4v) is 4.34. The molecule has 6 nitrogen and oxygen atoms in total. The summed E-state index contributed by atoms with van der Waals surface area (Å²) < 4.78 is 5.81. The SMILES string of the molecule is Cc1nc(COc2cccc(C(=O)NCc3cccc(CN4CCN(C)CC4)c3)c2)cs1. The number of nitrogens with one attached hydrogen (secondary N) is 1. The molecule has 0 aliphatic carbocycles. The number of likely N-dealkylation sites (N-methyl/N-ethyl adjacent to an activating group) is 1. The third kappa shape index (κ3) is 6.38. The molecule has 2 heterocycles. The van der Waals surface area contributed by atoms with Crippen LogP contribution in [0.1, 0.15) is 32.2 Å². The summed E-state index contributed by atoms with van der Waals surface area (Å²) in [6.07, 6.45) is 0. The van der Waals surface area contributed by atoms with E-state index in [1.54, 1.807) is 23.5 Å². The first-order valence-corrected chi connectivity index (χ1v) is 11.8. The van der Waals surface area contributed by atoms with Gasteiger partial charge in [-0.1, -0.05) is 30.3 Å². The first kappa shape index (κ1) is 22.5. The number of hydrogen-bond acceptors (Lipinski definition) is 6. The van der Waals surface area contributed by atoms with Gasteiger partial charge in [-0.3, -0.25) is 9.69 Å². The number of carbonyl (C=O) groups is 1. The van der Waals surface area contributed by atoms with E-state index in [4.69, 9.17) is 4.74 Å². The van der Waals surface area contributed by atoms with Gasteiger partial charge >= 0.3 is 0 Å². The molecule has 1 aliphatic heterocycles. The second-order valence-electron chi connectivity index (χ2n) is 8.26. The molecule has 1 N–H and O–H groups in total. The molecule has 0 atom stereocenters. The number of ether oxygens (including phenoxy) is 1. The quantitative estimate of drug-likeness (QED) is 0.567. The van der Waals surface area contributed by atoms with E-state index in [2.05, 4.69) is 51.4 Å². The van der Waals surface area contributed by atoms with Gasteiger partial charge in [0.1, 0.15) is 12.4 Å². The number of hydrogen-bond donors (Lipinski definition) is 1. The number of amides is 1. The Kier molecular flexibility index (Phi) is 7.52. The molecule has 4 rings (SSSR count). The maximum Gasteiger partial charge on any atom is 0.251 e. The number of aryl methyl sites for hydroxylation is 1. The molecule has 0 unspecified atom stereocenters. The Hall–Kier alpha value is -2.74. The van der Waals surface area contributed by atoms with Gasteiger partial charge in [-0.2, -0.15) is 0 Å². The lowest BCUT2D eigenvalue weighted by Gasteiger charge is -2.32. The van der Waals surface area contributed by atoms with Crippen LogP contribution in [0, 0.1) is 6.92 Å². The van der Waals surface area contributed by atoms with E-state index in [1.807, 2.05) is 24.4 Å². The minimum absolute atomic E-state index is 0.107. The molecule has 0 bridgehead atoms. The molecule has 0 spiro atoms. The maximum atomic E-state index is 12.7. The van der Waals surface area contributed by atoms with Gasteiger partial charge < -0.3 is 15.0 Å². The van der Waals surface area contributed by atoms with Crippen LogP contribution in [-0.2, 0) is 19.7 Å². The van der Waals surface area contributed by atoms with Crippen molar-refractivity contribution in [3.8, 4) is 5.75 Å². The zero-order chi connectivity index (χ0) is 22.3. The summed E-state index contributed by atoms with van der Waals surface area (Å²) in [6.45, 7) is 8.24. The van der Waals surface area contributed by atoms with Gasteiger partial charge in [-0.05, 0) is 43.3 Å². The minimum Gasteiger partial charge on any atom is -0.487 e. The predicted octanol–water partition coefficient (Wildman–Crippen LogP) is 3.71. The molecule has 168 valence electrons. The summed E-state index contributed by atoms with van der Waals surface area (Å²) in [4.78, 5) is 21.9. The van der Waals surface area contributed by atoms with E-state index in [0.717, 1.165) is 49.0 Å². The summed E-state index contributed by atoms with van der Waals surface area (Å²) in [7, 11) is 2.17. The number of benzene rings is 2. The average molecular weight is 451 g/mol. The number of carbonyl (C=O) groups excluding carboxylic acids is 1. The van der Waals surface area contributed by atoms with Crippen molar-refractivity contribution in [3.63, 3.8) is 0 Å². The van der Waals surface area contributed by atoms with Crippen molar-refractivity contribution in [1.29, 1.82) is 0 Å². The number of nitrogens with zero attached hydrogens (tertiary/aromatic N) is 3. The van der Waals surface area contributed by atoms with Gasteiger partial charge in [-0.25, -0.2) is 4.98 Å². The summed E-state index contributed by atoms with van der Waals surface area (Å²) in [5.74, 6) is 0.557. The second-order valence-corrected chi connectivity index (χ2v) is 9.32. The van der Waals surface area contributed by atoms with E-state index < -0.39 is 0 Å². The van der Waals surface area contributed by atoms with Crippen molar-refractivity contribution in [2.75, 3.05) is 33.2 Å². The van der Waals surface area contributed by atoms with Crippen molar-refractivity contribution in [1.82, 2.24) is 20.1 Å². The zero-order valence-corrected chi connectivity index (χ0v) is 19.5. The van der Waals surface area contributed by atoms with Gasteiger partial charge in [0.15, 0.2) is 0 Å². The summed E-state index contributed by atoms with van der Waals surface area (Å²) in [5, 5.41) is 6.04. The third-order valence-corrected chi connectivity index (χ3v) is 6.42. The highest BCUT2D eigenvalue weighted by Crippen LogP contribution is 2.17. The molecule has 1 saturated heterocycles. The number of thiazole rings is 1. The normalized spacial score (nSPS) is 14.9. The summed E-state index contributed by atoms with van der Waals surface area (Å²) in [6, 6.07) is 15.8. The second kappa shape index (κ2) is 10.7. The van der Waals surface area contributed by atoms with Gasteiger partial charge in [0.05, 0.1) is 10.7 Å². The fourth-order valence-electron chi connectivity index (χ4n) is 3.75. The lowest BCUT2D eigenvalue weighted by molar-refractivity contribution is 0.0950. The Balaban J connectivity index is 1.29. The zero-order valence-electron chi connectivity index (χ0n) is 18.7. The molecule has 0 radical (unpaired) electrons. The predicted molar refractivity (Wildman–Crippen MR) is 128 cm³/mol. The molecule has 1 fully saturated rings. The van der Waals surface area contributed by atoms with Gasteiger partial charge in [0.25, 0.3) is 5.91 Å². The molecule has 1 amide bonds. The van der Waals surface area contributed by atoms with Gasteiger partial charge in [-0.15, -0.1) is 11.3 Å². The lowest BCUT2D eigenvalue weighted by atomic mass is 10.1. The molecule has 2 aromatic carbocycles. The number of aromatic nitrogens is 1. The molecular weight excluding hydrogens is 420 g/mol. The van der Waals surface area contributed by atoms with E-state index >= 15 is 0 Å². The molecule has 1 aliphatic rings. The monoisotopic (exact) mass is 450 g/mol. The van der Waals surface area contributed by atoms with Crippen molar-refractivity contribution < 1.29 is 9.53 Å². The van der Waals surface area contributed by atoms with Crippen LogP contribution in [-0.4, -0.2) is 53.9 Å². The van der Waals surface area contributed by atoms with Crippen LogP contribution in [0.15, 0.2) is 53.9 Å². The molecule has 1 aromatic heterocycles. The highest BCUT2D eigenvalue weighted by molar-refractivity contribution is 7.09. The summed E-state index contributed by atoms with van der Waals surface area (Å²) >= 11 is 1.60. The van der Waals surface area contributed by atoms with Crippen LogP contribution in [0.2, 0.25) is 0 Å². The molecule has 32 heavy (non-hydrogen) atoms. The number of piperazine rings is 1. The Bertz CT molecular complexity index is 1040. The van der Waals surface area contributed by atoms with Crippen molar-refractivity contribution in [2.45, 2.75) is 26.6 Å². The Morgan fingerprint density at radius 1 is 1.09 bits per heavy atom. The van der Waals surface area contributed by atoms with Crippen LogP contribution in [0.3, 0.4) is 0 Å². The number of rotatable bonds is 8.